The van der Waals surface area contributed by atoms with Crippen molar-refractivity contribution in [3.8, 4) is 0 Å². The van der Waals surface area contributed by atoms with Crippen LogP contribution in [0.15, 0.2) is 24.3 Å². The summed E-state index contributed by atoms with van der Waals surface area (Å²) in [6, 6.07) is 6.67. The van der Waals surface area contributed by atoms with E-state index in [1.54, 1.807) is 38.1 Å². The Balaban J connectivity index is 2.78. The average molecular weight is 320 g/mol. The van der Waals surface area contributed by atoms with E-state index in [4.69, 9.17) is 0 Å². The van der Waals surface area contributed by atoms with Crippen LogP contribution in [-0.2, 0) is 32.3 Å². The van der Waals surface area contributed by atoms with Gasteiger partial charge < -0.3 is 0 Å². The van der Waals surface area contributed by atoms with Gasteiger partial charge >= 0.3 is 0 Å². The SMILES string of the molecule is CC(C)NS(=O)(=O)Cc1cccc(CNS(C)(=O)=O)c1. The van der Waals surface area contributed by atoms with Crippen LogP contribution in [0.2, 0.25) is 0 Å². The summed E-state index contributed by atoms with van der Waals surface area (Å²) in [6.45, 7) is 3.65. The van der Waals surface area contributed by atoms with E-state index in [1.807, 2.05) is 0 Å². The molecule has 1 aromatic rings. The van der Waals surface area contributed by atoms with Gasteiger partial charge in [-0.3, -0.25) is 0 Å². The van der Waals surface area contributed by atoms with Crippen molar-refractivity contribution in [3.05, 3.63) is 35.4 Å². The largest absolute Gasteiger partial charge is 0.216 e. The first-order valence-corrected chi connectivity index (χ1v) is 9.64. The minimum atomic E-state index is -3.38. The Morgan fingerprint density at radius 1 is 1.10 bits per heavy atom. The molecule has 0 spiro atoms. The van der Waals surface area contributed by atoms with Gasteiger partial charge in [0.05, 0.1) is 12.0 Å². The number of sulfonamides is 2. The molecule has 0 aliphatic heterocycles. The Hall–Kier alpha value is -0.960. The van der Waals surface area contributed by atoms with Crippen molar-refractivity contribution in [1.29, 1.82) is 0 Å². The summed E-state index contributed by atoms with van der Waals surface area (Å²) in [5.41, 5.74) is 1.33. The van der Waals surface area contributed by atoms with Gasteiger partial charge in [0.1, 0.15) is 0 Å². The highest BCUT2D eigenvalue weighted by Gasteiger charge is 2.13. The highest BCUT2D eigenvalue weighted by molar-refractivity contribution is 7.88. The molecular weight excluding hydrogens is 300 g/mol. The molecule has 0 unspecified atom stereocenters. The van der Waals surface area contributed by atoms with E-state index in [0.29, 0.717) is 11.1 Å². The summed E-state index contributed by atoms with van der Waals surface area (Å²) in [5.74, 6) is -0.127. The van der Waals surface area contributed by atoms with Crippen molar-refractivity contribution in [3.63, 3.8) is 0 Å². The Morgan fingerprint density at radius 2 is 1.70 bits per heavy atom. The van der Waals surface area contributed by atoms with Gasteiger partial charge in [0, 0.05) is 12.6 Å². The monoisotopic (exact) mass is 320 g/mol. The lowest BCUT2D eigenvalue weighted by atomic mass is 10.1. The Labute approximate surface area is 120 Å². The lowest BCUT2D eigenvalue weighted by molar-refractivity contribution is 0.568. The van der Waals surface area contributed by atoms with Gasteiger partial charge in [-0.2, -0.15) is 0 Å². The summed E-state index contributed by atoms with van der Waals surface area (Å²) < 4.78 is 50.5. The molecule has 0 bridgehead atoms. The van der Waals surface area contributed by atoms with Crippen molar-refractivity contribution >= 4 is 20.0 Å². The van der Waals surface area contributed by atoms with Gasteiger partial charge in [0.2, 0.25) is 20.0 Å². The van der Waals surface area contributed by atoms with E-state index < -0.39 is 20.0 Å². The molecule has 0 fully saturated rings. The molecule has 0 atom stereocenters. The summed E-state index contributed by atoms with van der Waals surface area (Å²) in [4.78, 5) is 0. The molecule has 6 nitrogen and oxygen atoms in total. The maximum absolute atomic E-state index is 11.8. The molecule has 20 heavy (non-hydrogen) atoms. The maximum Gasteiger partial charge on any atom is 0.216 e. The van der Waals surface area contributed by atoms with E-state index in [9.17, 15) is 16.8 Å². The molecule has 8 heteroatoms. The second-order valence-corrected chi connectivity index (χ2v) is 8.53. The molecule has 2 N–H and O–H groups in total. The molecule has 1 aromatic carbocycles. The third-order valence-corrected chi connectivity index (χ3v) is 4.51. The second-order valence-electron chi connectivity index (χ2n) is 4.94. The lowest BCUT2D eigenvalue weighted by Crippen LogP contribution is -2.31. The third kappa shape index (κ3) is 6.99. The molecule has 0 aliphatic rings. The topological polar surface area (TPSA) is 92.3 Å². The van der Waals surface area contributed by atoms with Gasteiger partial charge in [-0.25, -0.2) is 26.3 Å². The number of hydrogen-bond donors (Lipinski definition) is 2. The van der Waals surface area contributed by atoms with E-state index in [0.717, 1.165) is 6.26 Å². The molecule has 114 valence electrons. The lowest BCUT2D eigenvalue weighted by Gasteiger charge is -2.10. The van der Waals surface area contributed by atoms with Crippen LogP contribution < -0.4 is 9.44 Å². The molecule has 1 rings (SSSR count). The smallest absolute Gasteiger partial charge is 0.213 e. The zero-order valence-electron chi connectivity index (χ0n) is 11.8. The highest BCUT2D eigenvalue weighted by atomic mass is 32.2. The quantitative estimate of drug-likeness (QED) is 0.768. The fourth-order valence-electron chi connectivity index (χ4n) is 1.66. The molecular formula is C12H20N2O4S2. The molecule has 0 aliphatic carbocycles. The number of hydrogen-bond acceptors (Lipinski definition) is 4. The van der Waals surface area contributed by atoms with Crippen LogP contribution in [0.1, 0.15) is 25.0 Å². The minimum absolute atomic E-state index is 0.127. The fourth-order valence-corrected chi connectivity index (χ4v) is 3.51. The van der Waals surface area contributed by atoms with E-state index in [-0.39, 0.29) is 18.3 Å². The first-order chi connectivity index (χ1) is 9.07. The van der Waals surface area contributed by atoms with Gasteiger partial charge in [-0.05, 0) is 25.0 Å². The minimum Gasteiger partial charge on any atom is -0.213 e. The summed E-state index contributed by atoms with van der Waals surface area (Å²) >= 11 is 0. The molecule has 0 saturated heterocycles. The first kappa shape index (κ1) is 17.1. The van der Waals surface area contributed by atoms with Crippen LogP contribution in [0, 0.1) is 0 Å². The highest BCUT2D eigenvalue weighted by Crippen LogP contribution is 2.09. The summed E-state index contributed by atoms with van der Waals surface area (Å²) in [6.07, 6.45) is 1.08. The molecule has 0 amide bonds. The predicted octanol–water partition coefficient (Wildman–Crippen LogP) is 0.564. The predicted molar refractivity (Wildman–Crippen MR) is 79.0 cm³/mol. The van der Waals surface area contributed by atoms with E-state index in [1.165, 1.54) is 0 Å². The van der Waals surface area contributed by atoms with Crippen LogP contribution in [-0.4, -0.2) is 29.1 Å². The zero-order chi connectivity index (χ0) is 15.4. The van der Waals surface area contributed by atoms with Crippen LogP contribution in [0.5, 0.6) is 0 Å². The van der Waals surface area contributed by atoms with Crippen molar-refractivity contribution in [2.45, 2.75) is 32.2 Å². The van der Waals surface area contributed by atoms with Crippen molar-refractivity contribution in [2.24, 2.45) is 0 Å². The van der Waals surface area contributed by atoms with Gasteiger partial charge in [0.15, 0.2) is 0 Å². The molecule has 0 aromatic heterocycles. The van der Waals surface area contributed by atoms with Crippen molar-refractivity contribution < 1.29 is 16.8 Å². The normalized spacial score (nSPS) is 12.8. The Kier molecular flexibility index (Phi) is 5.69. The van der Waals surface area contributed by atoms with Gasteiger partial charge in [-0.1, -0.05) is 24.3 Å². The van der Waals surface area contributed by atoms with Crippen LogP contribution in [0.4, 0.5) is 0 Å². The van der Waals surface area contributed by atoms with Crippen LogP contribution in [0.25, 0.3) is 0 Å². The van der Waals surface area contributed by atoms with E-state index in [2.05, 4.69) is 9.44 Å². The second kappa shape index (κ2) is 6.66. The number of nitrogens with one attached hydrogen (secondary N) is 2. The van der Waals surface area contributed by atoms with Crippen LogP contribution in [0.3, 0.4) is 0 Å². The standard InChI is InChI=1S/C12H20N2O4S2/c1-10(2)14-20(17,18)9-12-6-4-5-11(7-12)8-13-19(3,15)16/h4-7,10,13-14H,8-9H2,1-3H3. The fraction of sp³-hybridized carbons (Fsp3) is 0.500. The van der Waals surface area contributed by atoms with E-state index >= 15 is 0 Å². The van der Waals surface area contributed by atoms with Gasteiger partial charge in [0.25, 0.3) is 0 Å². The van der Waals surface area contributed by atoms with Crippen molar-refractivity contribution in [1.82, 2.24) is 9.44 Å². The summed E-state index contributed by atoms with van der Waals surface area (Å²) in [7, 11) is -6.65. The zero-order valence-corrected chi connectivity index (χ0v) is 13.4. The van der Waals surface area contributed by atoms with Gasteiger partial charge in [-0.15, -0.1) is 0 Å². The first-order valence-electron chi connectivity index (χ1n) is 6.10. The average Bonchev–Trinajstić information content (AvgIpc) is 2.23. The Morgan fingerprint density at radius 3 is 2.25 bits per heavy atom. The van der Waals surface area contributed by atoms with Crippen LogP contribution >= 0.6 is 0 Å². The van der Waals surface area contributed by atoms with Crippen molar-refractivity contribution in [2.75, 3.05) is 6.26 Å². The summed E-state index contributed by atoms with van der Waals surface area (Å²) in [5, 5.41) is 0. The number of benzene rings is 1. The third-order valence-electron chi connectivity index (χ3n) is 2.30. The molecule has 0 radical (unpaired) electrons. The maximum atomic E-state index is 11.8. The Bertz CT molecular complexity index is 652. The molecule has 0 heterocycles. The molecule has 0 saturated carbocycles. The number of rotatable bonds is 7.